The number of benzene rings is 6. The van der Waals surface area contributed by atoms with Crippen LogP contribution in [0.2, 0.25) is 19.6 Å². The normalized spacial score (nSPS) is 12.6. The second-order valence-corrected chi connectivity index (χ2v) is 26.0. The lowest BCUT2D eigenvalue weighted by Gasteiger charge is -2.27. The number of hydrogen-bond donors (Lipinski definition) is 1. The molecule has 0 saturated carbocycles. The highest BCUT2D eigenvalue weighted by Gasteiger charge is 2.29. The van der Waals surface area contributed by atoms with E-state index in [1.54, 1.807) is 0 Å². The molecule has 0 fully saturated rings. The van der Waals surface area contributed by atoms with Crippen molar-refractivity contribution in [2.45, 2.75) is 92.3 Å². The fourth-order valence-corrected chi connectivity index (χ4v) is 10.9. The summed E-state index contributed by atoms with van der Waals surface area (Å²) in [5, 5.41) is 16.2. The summed E-state index contributed by atoms with van der Waals surface area (Å²) >= 11 is 0. The van der Waals surface area contributed by atoms with Gasteiger partial charge < -0.3 is 9.67 Å². The third-order valence-corrected chi connectivity index (χ3v) is 14.6. The van der Waals surface area contributed by atoms with Crippen LogP contribution in [0.3, 0.4) is 0 Å². The Kier molecular flexibility index (Phi) is 10.4. The third kappa shape index (κ3) is 7.69. The molecule has 6 heteroatoms. The molecule has 0 aliphatic carbocycles. The highest BCUT2D eigenvalue weighted by molar-refractivity contribution is 6.89. The minimum Gasteiger partial charge on any atom is -0.507 e. The Bertz CT molecular complexity index is 3130. The molecule has 63 heavy (non-hydrogen) atoms. The molecule has 9 rings (SSSR count). The van der Waals surface area contributed by atoms with Gasteiger partial charge in [0.15, 0.2) is 0 Å². The molecule has 0 spiro atoms. The van der Waals surface area contributed by atoms with Crippen molar-refractivity contribution >= 4 is 46.1 Å². The van der Waals surface area contributed by atoms with E-state index in [2.05, 4.69) is 218 Å². The van der Waals surface area contributed by atoms with Gasteiger partial charge in [-0.2, -0.15) is 0 Å². The van der Waals surface area contributed by atoms with Crippen molar-refractivity contribution < 1.29 is 5.11 Å². The summed E-state index contributed by atoms with van der Waals surface area (Å²) in [6, 6.07) is 48.0. The van der Waals surface area contributed by atoms with E-state index in [-0.39, 0.29) is 16.6 Å². The number of para-hydroxylation sites is 4. The van der Waals surface area contributed by atoms with E-state index in [0.717, 1.165) is 78.9 Å². The number of nitrogens with zero attached hydrogens (tertiary/aromatic N) is 4. The van der Waals surface area contributed by atoms with E-state index < -0.39 is 8.07 Å². The van der Waals surface area contributed by atoms with Gasteiger partial charge in [-0.3, -0.25) is 9.55 Å². The lowest BCUT2D eigenvalue weighted by molar-refractivity contribution is 0.446. The van der Waals surface area contributed by atoms with Crippen molar-refractivity contribution in [3.05, 3.63) is 156 Å². The van der Waals surface area contributed by atoms with Crippen LogP contribution in [-0.4, -0.2) is 32.3 Å². The average molecular weight is 845 g/mol. The quantitative estimate of drug-likeness (QED) is 0.155. The molecule has 0 saturated heterocycles. The zero-order valence-corrected chi connectivity index (χ0v) is 39.8. The SMILES string of the molecule is CC(C)Cc1cc(-c2cc(-c3cccc4c3nc(-c3cc(C(C)(C)C)cc(C(C)(C)C)c3O)n4-c3ccccc3)cc(-n3c4ccccc4c4ccccc43)c2)ncc1[Si](C)(C)C. The highest BCUT2D eigenvalue weighted by atomic mass is 28.3. The fraction of sp³-hybridized carbons (Fsp3) is 0.263. The Balaban J connectivity index is 1.37. The summed E-state index contributed by atoms with van der Waals surface area (Å²) < 4.78 is 4.63. The van der Waals surface area contributed by atoms with Gasteiger partial charge in [0.2, 0.25) is 0 Å². The van der Waals surface area contributed by atoms with Crippen LogP contribution >= 0.6 is 0 Å². The van der Waals surface area contributed by atoms with Gasteiger partial charge in [-0.15, -0.1) is 0 Å². The lowest BCUT2D eigenvalue weighted by Crippen LogP contribution is -2.40. The highest BCUT2D eigenvalue weighted by Crippen LogP contribution is 2.45. The molecular formula is C57H60N4OSi. The monoisotopic (exact) mass is 844 g/mol. The van der Waals surface area contributed by atoms with E-state index in [1.165, 1.54) is 21.5 Å². The Hall–Kier alpha value is -6.24. The van der Waals surface area contributed by atoms with E-state index in [1.807, 2.05) is 6.07 Å². The summed E-state index contributed by atoms with van der Waals surface area (Å²) in [6.45, 7) is 25.1. The first-order chi connectivity index (χ1) is 29.9. The lowest BCUT2D eigenvalue weighted by atomic mass is 9.79. The molecule has 6 aromatic carbocycles. The summed E-state index contributed by atoms with van der Waals surface area (Å²) in [4.78, 5) is 10.9. The molecule has 3 heterocycles. The van der Waals surface area contributed by atoms with Crippen LogP contribution in [-0.2, 0) is 17.3 Å². The summed E-state index contributed by atoms with van der Waals surface area (Å²) in [5.74, 6) is 1.49. The first kappa shape index (κ1) is 42.1. The molecule has 0 atom stereocenters. The van der Waals surface area contributed by atoms with Gasteiger partial charge in [-0.1, -0.05) is 148 Å². The summed E-state index contributed by atoms with van der Waals surface area (Å²) in [7, 11) is -1.67. The maximum absolute atomic E-state index is 12.3. The van der Waals surface area contributed by atoms with Crippen molar-refractivity contribution in [1.82, 2.24) is 19.1 Å². The molecule has 3 aromatic heterocycles. The molecular weight excluding hydrogens is 785 g/mol. The zero-order valence-electron chi connectivity index (χ0n) is 38.8. The predicted molar refractivity (Wildman–Crippen MR) is 270 cm³/mol. The second-order valence-electron chi connectivity index (χ2n) is 20.9. The van der Waals surface area contributed by atoms with Gasteiger partial charge in [0, 0.05) is 45.0 Å². The van der Waals surface area contributed by atoms with Crippen molar-refractivity contribution in [2.24, 2.45) is 5.92 Å². The van der Waals surface area contributed by atoms with Crippen LogP contribution in [0.4, 0.5) is 0 Å². The van der Waals surface area contributed by atoms with Crippen LogP contribution < -0.4 is 5.19 Å². The predicted octanol–water partition coefficient (Wildman–Crippen LogP) is 14.6. The summed E-state index contributed by atoms with van der Waals surface area (Å²) in [6.07, 6.45) is 3.18. The molecule has 9 aromatic rings. The fourth-order valence-electron chi connectivity index (χ4n) is 9.34. The van der Waals surface area contributed by atoms with Crippen LogP contribution in [0.1, 0.15) is 72.1 Å². The number of rotatable bonds is 8. The van der Waals surface area contributed by atoms with Gasteiger partial charge in [0.25, 0.3) is 0 Å². The topological polar surface area (TPSA) is 55.9 Å². The van der Waals surface area contributed by atoms with Crippen LogP contribution in [0.15, 0.2) is 140 Å². The minimum absolute atomic E-state index is 0.156. The maximum atomic E-state index is 12.3. The number of hydrogen-bond acceptors (Lipinski definition) is 3. The molecule has 0 bridgehead atoms. The largest absolute Gasteiger partial charge is 0.507 e. The van der Waals surface area contributed by atoms with Crippen LogP contribution in [0.5, 0.6) is 5.75 Å². The number of aromatic nitrogens is 4. The van der Waals surface area contributed by atoms with Crippen LogP contribution in [0.25, 0.3) is 78.0 Å². The first-order valence-electron chi connectivity index (χ1n) is 22.5. The van der Waals surface area contributed by atoms with E-state index >= 15 is 0 Å². The van der Waals surface area contributed by atoms with Crippen LogP contribution in [0, 0.1) is 5.92 Å². The Morgan fingerprint density at radius 1 is 0.603 bits per heavy atom. The molecule has 0 aliphatic heterocycles. The number of imidazole rings is 1. The molecule has 0 aliphatic rings. The number of fused-ring (bicyclic) bond motifs is 4. The van der Waals surface area contributed by atoms with Crippen molar-refractivity contribution in [3.8, 4) is 50.9 Å². The summed E-state index contributed by atoms with van der Waals surface area (Å²) in [5.41, 5.74) is 14.0. The Morgan fingerprint density at radius 3 is 1.84 bits per heavy atom. The van der Waals surface area contributed by atoms with Gasteiger partial charge >= 0.3 is 0 Å². The number of aromatic hydroxyl groups is 1. The van der Waals surface area contributed by atoms with Gasteiger partial charge in [0.1, 0.15) is 11.6 Å². The minimum atomic E-state index is -1.67. The van der Waals surface area contributed by atoms with Gasteiger partial charge in [-0.25, -0.2) is 4.98 Å². The zero-order chi connectivity index (χ0) is 44.6. The van der Waals surface area contributed by atoms with E-state index in [9.17, 15) is 5.11 Å². The molecule has 0 amide bonds. The number of phenols is 1. The maximum Gasteiger partial charge on any atom is 0.149 e. The standard InChI is InChI=1S/C57H60N4OSi/c1-36(2)28-39-32-48(58-35-52(39)63(9,10)11)38-29-37(30-42(31-38)60-49-25-17-15-22-44(49)45-23-16-18-26-50(45)60)43-24-19-27-51-53(43)59-55(61(51)41-20-13-12-14-21-41)46-33-40(56(3,4)5)34-47(54(46)62)57(6,7)8/h12-27,29-36,62H,28H2,1-11H3. The molecule has 5 nitrogen and oxygen atoms in total. The molecule has 0 unspecified atom stereocenters. The molecule has 318 valence electrons. The second kappa shape index (κ2) is 15.5. The first-order valence-corrected chi connectivity index (χ1v) is 26.0. The third-order valence-electron chi connectivity index (χ3n) is 12.5. The number of phenolic OH excluding ortho intramolecular Hbond substituents is 1. The van der Waals surface area contributed by atoms with Crippen molar-refractivity contribution in [2.75, 3.05) is 0 Å². The average Bonchev–Trinajstić information content (AvgIpc) is 3.79. The van der Waals surface area contributed by atoms with Gasteiger partial charge in [0.05, 0.1) is 41.4 Å². The Morgan fingerprint density at radius 2 is 1.22 bits per heavy atom. The smallest absolute Gasteiger partial charge is 0.149 e. The molecule has 1 N–H and O–H groups in total. The van der Waals surface area contributed by atoms with Crippen molar-refractivity contribution in [3.63, 3.8) is 0 Å². The Labute approximate surface area is 374 Å². The molecule has 0 radical (unpaired) electrons. The number of pyridine rings is 1. The van der Waals surface area contributed by atoms with Crippen molar-refractivity contribution in [1.29, 1.82) is 0 Å². The van der Waals surface area contributed by atoms with E-state index in [4.69, 9.17) is 9.97 Å². The van der Waals surface area contributed by atoms with Gasteiger partial charge in [-0.05, 0) is 106 Å². The van der Waals surface area contributed by atoms with E-state index in [0.29, 0.717) is 11.7 Å².